The van der Waals surface area contributed by atoms with Crippen molar-refractivity contribution in [1.82, 2.24) is 19.5 Å². The molecule has 4 N–H and O–H groups in total. The number of hydrogen-bond acceptors (Lipinski definition) is 9. The second-order valence-electron chi connectivity index (χ2n) is 8.02. The minimum atomic E-state index is -1.12. The summed E-state index contributed by atoms with van der Waals surface area (Å²) in [7, 11) is 0. The van der Waals surface area contributed by atoms with Gasteiger partial charge in [-0.25, -0.2) is 4.98 Å². The average molecular weight is 437 g/mol. The molecule has 0 saturated carbocycles. The number of aromatic nitrogens is 4. The van der Waals surface area contributed by atoms with Gasteiger partial charge in [-0.05, 0) is 19.3 Å². The fourth-order valence-electron chi connectivity index (χ4n) is 3.67. The highest BCUT2D eigenvalue weighted by Gasteiger charge is 2.47. The lowest BCUT2D eigenvalue weighted by molar-refractivity contribution is -0.215. The molecule has 0 radical (unpaired) electrons. The van der Waals surface area contributed by atoms with Gasteiger partial charge in [0, 0.05) is 12.5 Å². The van der Waals surface area contributed by atoms with E-state index < -0.39 is 43.0 Å². The van der Waals surface area contributed by atoms with E-state index in [1.54, 1.807) is 13.8 Å². The second kappa shape index (κ2) is 9.01. The van der Waals surface area contributed by atoms with Crippen molar-refractivity contribution in [3.05, 3.63) is 16.7 Å². The van der Waals surface area contributed by atoms with Gasteiger partial charge in [-0.3, -0.25) is 24.5 Å². The van der Waals surface area contributed by atoms with Crippen LogP contribution in [0.4, 0.5) is 5.95 Å². The minimum absolute atomic E-state index is 0.0247. The summed E-state index contributed by atoms with van der Waals surface area (Å²) in [5.74, 6) is -0.641. The molecule has 1 unspecified atom stereocenters. The van der Waals surface area contributed by atoms with E-state index in [2.05, 4.69) is 20.3 Å². The molecule has 2 fully saturated rings. The summed E-state index contributed by atoms with van der Waals surface area (Å²) in [6.45, 7) is 3.58. The molecule has 12 heteroatoms. The van der Waals surface area contributed by atoms with Crippen LogP contribution in [0, 0.1) is 5.92 Å². The number of imidazole rings is 1. The Hall–Kier alpha value is -2.38. The molecule has 0 aromatic carbocycles. The van der Waals surface area contributed by atoms with Gasteiger partial charge in [-0.1, -0.05) is 13.8 Å². The van der Waals surface area contributed by atoms with Crippen molar-refractivity contribution < 1.29 is 29.2 Å². The molecule has 2 aliphatic heterocycles. The lowest BCUT2D eigenvalue weighted by Crippen LogP contribution is -2.39. The Kier molecular flexibility index (Phi) is 6.34. The summed E-state index contributed by atoms with van der Waals surface area (Å²) in [4.78, 5) is 35.4. The second-order valence-corrected chi connectivity index (χ2v) is 8.02. The molecular weight excluding hydrogens is 410 g/mol. The van der Waals surface area contributed by atoms with Crippen LogP contribution in [-0.2, 0) is 19.0 Å². The van der Waals surface area contributed by atoms with Crippen LogP contribution in [0.15, 0.2) is 11.1 Å². The first-order chi connectivity index (χ1) is 14.9. The van der Waals surface area contributed by atoms with E-state index in [-0.39, 0.29) is 28.9 Å². The van der Waals surface area contributed by atoms with Gasteiger partial charge in [0.1, 0.15) is 18.3 Å². The average Bonchev–Trinajstić information content (AvgIpc) is 3.30. The van der Waals surface area contributed by atoms with Crippen molar-refractivity contribution in [3.63, 3.8) is 0 Å². The van der Waals surface area contributed by atoms with E-state index >= 15 is 0 Å². The molecular formula is C19H27N5O7. The zero-order valence-corrected chi connectivity index (χ0v) is 17.4. The van der Waals surface area contributed by atoms with Crippen LogP contribution < -0.4 is 10.9 Å². The summed E-state index contributed by atoms with van der Waals surface area (Å²) in [5.41, 5.74) is -0.342. The van der Waals surface area contributed by atoms with Gasteiger partial charge >= 0.3 is 0 Å². The van der Waals surface area contributed by atoms with Crippen molar-refractivity contribution >= 4 is 23.0 Å². The Labute approximate surface area is 177 Å². The topological polar surface area (TPSA) is 161 Å². The standard InChI is InChI=1S/C19H27N5O7/c1-9(2)16(27)22-19-21-15-12(17(28)23-19)20-8-24(15)18-14(13(26)10(7-25)30-18)31-11-5-3-4-6-29-11/h8-11,13-14,18,25-26H,3-7H2,1-2H3,(H2,21,22,23,27,28)/t10-,11?,13-,14-,18-/m1/s1. The molecule has 0 bridgehead atoms. The van der Waals surface area contributed by atoms with Crippen LogP contribution in [0.2, 0.25) is 0 Å². The van der Waals surface area contributed by atoms with Crippen LogP contribution in [0.1, 0.15) is 39.3 Å². The van der Waals surface area contributed by atoms with Gasteiger partial charge in [0.25, 0.3) is 5.56 Å². The monoisotopic (exact) mass is 437 g/mol. The first kappa shape index (κ1) is 21.8. The molecule has 0 spiro atoms. The van der Waals surface area contributed by atoms with Crippen LogP contribution in [-0.4, -0.2) is 73.5 Å². The summed E-state index contributed by atoms with van der Waals surface area (Å²) in [5, 5.41) is 22.8. The van der Waals surface area contributed by atoms with Crippen LogP contribution in [0.3, 0.4) is 0 Å². The number of amides is 1. The van der Waals surface area contributed by atoms with Crippen molar-refractivity contribution in [1.29, 1.82) is 0 Å². The number of fused-ring (bicyclic) bond motifs is 1. The maximum Gasteiger partial charge on any atom is 0.280 e. The number of H-pyrrole nitrogens is 1. The number of aliphatic hydroxyl groups excluding tert-OH is 2. The van der Waals surface area contributed by atoms with Gasteiger partial charge in [0.05, 0.1) is 12.9 Å². The molecule has 2 aromatic rings. The Morgan fingerprint density at radius 2 is 2.26 bits per heavy atom. The molecule has 170 valence electrons. The van der Waals surface area contributed by atoms with Crippen molar-refractivity contribution in [3.8, 4) is 0 Å². The summed E-state index contributed by atoms with van der Waals surface area (Å²) in [6.07, 6.45) is -0.410. The molecule has 31 heavy (non-hydrogen) atoms. The van der Waals surface area contributed by atoms with E-state index in [1.165, 1.54) is 10.9 Å². The van der Waals surface area contributed by atoms with E-state index in [1.807, 2.05) is 0 Å². The number of anilines is 1. The first-order valence-corrected chi connectivity index (χ1v) is 10.4. The van der Waals surface area contributed by atoms with Crippen molar-refractivity contribution in [2.75, 3.05) is 18.5 Å². The summed E-state index contributed by atoms with van der Waals surface area (Å²) >= 11 is 0. The van der Waals surface area contributed by atoms with E-state index in [9.17, 15) is 19.8 Å². The number of nitrogens with one attached hydrogen (secondary N) is 2. The summed E-state index contributed by atoms with van der Waals surface area (Å²) < 4.78 is 18.9. The highest BCUT2D eigenvalue weighted by atomic mass is 16.7. The molecule has 4 heterocycles. The Balaban J connectivity index is 1.68. The number of rotatable bonds is 6. The van der Waals surface area contributed by atoms with E-state index in [0.717, 1.165) is 12.8 Å². The van der Waals surface area contributed by atoms with Crippen LogP contribution >= 0.6 is 0 Å². The van der Waals surface area contributed by atoms with Gasteiger partial charge in [-0.2, -0.15) is 4.98 Å². The van der Waals surface area contributed by atoms with Gasteiger partial charge in [0.15, 0.2) is 23.7 Å². The van der Waals surface area contributed by atoms with Crippen LogP contribution in [0.5, 0.6) is 0 Å². The maximum atomic E-state index is 12.5. The van der Waals surface area contributed by atoms with Crippen molar-refractivity contribution in [2.45, 2.75) is 63.9 Å². The van der Waals surface area contributed by atoms with E-state index in [0.29, 0.717) is 13.0 Å². The van der Waals surface area contributed by atoms with Gasteiger partial charge < -0.3 is 24.4 Å². The normalized spacial score (nSPS) is 29.0. The first-order valence-electron chi connectivity index (χ1n) is 10.4. The van der Waals surface area contributed by atoms with E-state index in [4.69, 9.17) is 14.2 Å². The van der Waals surface area contributed by atoms with Gasteiger partial charge in [-0.15, -0.1) is 0 Å². The third-order valence-electron chi connectivity index (χ3n) is 5.41. The number of nitrogens with zero attached hydrogens (tertiary/aromatic N) is 3. The SMILES string of the molecule is CC(C)C(=O)Nc1nc2c(ncn2[C@@H]2O[C@H](CO)[C@@H](O)[C@H]2OC2CCCCO2)c(=O)[nH]1. The van der Waals surface area contributed by atoms with Gasteiger partial charge in [0.2, 0.25) is 11.9 Å². The number of carbonyl (C=O) groups is 1. The number of hydrogen-bond donors (Lipinski definition) is 4. The fraction of sp³-hybridized carbons (Fsp3) is 0.684. The third-order valence-corrected chi connectivity index (χ3v) is 5.41. The number of aromatic amines is 1. The molecule has 0 aliphatic carbocycles. The fourth-order valence-corrected chi connectivity index (χ4v) is 3.67. The molecule has 12 nitrogen and oxygen atoms in total. The zero-order valence-electron chi connectivity index (χ0n) is 17.4. The minimum Gasteiger partial charge on any atom is -0.394 e. The van der Waals surface area contributed by atoms with Crippen LogP contribution in [0.25, 0.3) is 11.2 Å². The molecule has 5 atom stereocenters. The quantitative estimate of drug-likeness (QED) is 0.483. The lowest BCUT2D eigenvalue weighted by Gasteiger charge is -2.29. The molecule has 2 aromatic heterocycles. The lowest BCUT2D eigenvalue weighted by atomic mass is 10.1. The zero-order chi connectivity index (χ0) is 22.1. The van der Waals surface area contributed by atoms with Crippen molar-refractivity contribution in [2.24, 2.45) is 5.92 Å². The molecule has 2 saturated heterocycles. The number of aliphatic hydroxyl groups is 2. The molecule has 4 rings (SSSR count). The summed E-state index contributed by atoms with van der Waals surface area (Å²) in [6, 6.07) is 0. The third kappa shape index (κ3) is 4.34. The Morgan fingerprint density at radius 3 is 2.94 bits per heavy atom. The number of ether oxygens (including phenoxy) is 3. The smallest absolute Gasteiger partial charge is 0.280 e. The highest BCUT2D eigenvalue weighted by Crippen LogP contribution is 2.35. The molecule has 2 aliphatic rings. The number of carbonyl (C=O) groups excluding carboxylic acids is 1. The molecule has 1 amide bonds. The predicted molar refractivity (Wildman–Crippen MR) is 107 cm³/mol. The largest absolute Gasteiger partial charge is 0.394 e. The Bertz CT molecular complexity index is 984. The Morgan fingerprint density at radius 1 is 1.45 bits per heavy atom. The maximum absolute atomic E-state index is 12.5. The predicted octanol–water partition coefficient (Wildman–Crippen LogP) is -0.124. The highest BCUT2D eigenvalue weighted by molar-refractivity contribution is 5.91.